The molecule has 1 unspecified atom stereocenters. The molecule has 0 aliphatic heterocycles. The van der Waals surface area contributed by atoms with Crippen LogP contribution in [0.2, 0.25) is 10.0 Å². The van der Waals surface area contributed by atoms with Crippen molar-refractivity contribution in [1.82, 2.24) is 4.72 Å². The molecule has 0 aromatic heterocycles. The molecule has 2 aromatic rings. The van der Waals surface area contributed by atoms with Gasteiger partial charge in [0.2, 0.25) is 10.0 Å². The van der Waals surface area contributed by atoms with Crippen LogP contribution in [0, 0.1) is 10.1 Å². The molecule has 1 atom stereocenters. The normalized spacial score (nSPS) is 13.3. The second-order valence-corrected chi connectivity index (χ2v) is 9.14. The van der Waals surface area contributed by atoms with Gasteiger partial charge in [0.25, 0.3) is 5.69 Å². The summed E-state index contributed by atoms with van der Waals surface area (Å²) in [4.78, 5) is 21.5. The van der Waals surface area contributed by atoms with E-state index in [1.807, 2.05) is 4.72 Å². The Labute approximate surface area is 186 Å². The first-order valence-corrected chi connectivity index (χ1v) is 10.7. The third-order valence-corrected chi connectivity index (χ3v) is 6.33. The number of benzene rings is 2. The van der Waals surface area contributed by atoms with Gasteiger partial charge in [-0.15, -0.1) is 0 Å². The second kappa shape index (κ2) is 9.69. The molecule has 9 nitrogen and oxygen atoms in total. The van der Waals surface area contributed by atoms with Gasteiger partial charge in [0.15, 0.2) is 7.60 Å². The molecule has 1 N–H and O–H groups in total. The molecule has 27 heavy (non-hydrogen) atoms. The zero-order chi connectivity index (χ0) is 19.5. The molecular formula is C13H10Cl2N2NaO7PS. The standard InChI is InChI=1S/C13H11Cl2N2O7PS.Na/c14-12-6-5-11(7-13(12)15)26(22,23)16-8-25(20,21)24-10-3-1-9(2-4-10)17(18)19;/h1-7,16H,8H2,(H,20,21);/q;+1/p-1. The molecule has 140 valence electrons. The summed E-state index contributed by atoms with van der Waals surface area (Å²) in [6.07, 6.45) is -1.04. The summed E-state index contributed by atoms with van der Waals surface area (Å²) in [7, 11) is -8.84. The number of nitrogens with zero attached hydrogens (tertiary/aromatic N) is 1. The van der Waals surface area contributed by atoms with E-state index >= 15 is 0 Å². The summed E-state index contributed by atoms with van der Waals surface area (Å²) >= 11 is 11.4. The number of hydrogen-bond acceptors (Lipinski definition) is 7. The summed E-state index contributed by atoms with van der Waals surface area (Å²) in [5.74, 6) is -0.192. The Bertz CT molecular complexity index is 989. The predicted molar refractivity (Wildman–Crippen MR) is 93.0 cm³/mol. The van der Waals surface area contributed by atoms with E-state index in [1.165, 1.54) is 6.07 Å². The van der Waals surface area contributed by atoms with E-state index in [1.54, 1.807) is 0 Å². The number of nitrogens with one attached hydrogen (secondary N) is 1. The van der Waals surface area contributed by atoms with E-state index in [0.29, 0.717) is 0 Å². The van der Waals surface area contributed by atoms with Gasteiger partial charge in [-0.1, -0.05) is 23.2 Å². The molecular weight excluding hydrogens is 453 g/mol. The molecule has 0 spiro atoms. The van der Waals surface area contributed by atoms with Crippen LogP contribution in [-0.2, 0) is 14.6 Å². The van der Waals surface area contributed by atoms with Gasteiger partial charge in [0, 0.05) is 12.1 Å². The second-order valence-electron chi connectivity index (χ2n) is 4.84. The van der Waals surface area contributed by atoms with Gasteiger partial charge in [-0.05, 0) is 30.3 Å². The number of non-ortho nitro benzene ring substituents is 1. The van der Waals surface area contributed by atoms with Crippen LogP contribution in [0.5, 0.6) is 5.75 Å². The van der Waals surface area contributed by atoms with Gasteiger partial charge >= 0.3 is 29.6 Å². The zero-order valence-electron chi connectivity index (χ0n) is 13.7. The maximum Gasteiger partial charge on any atom is 1.00 e. The molecule has 0 saturated heterocycles. The first kappa shape index (κ1) is 24.4. The Balaban J connectivity index is 0.00000364. The van der Waals surface area contributed by atoms with Crippen LogP contribution >= 0.6 is 30.8 Å². The molecule has 0 radical (unpaired) electrons. The van der Waals surface area contributed by atoms with Crippen molar-refractivity contribution in [2.45, 2.75) is 4.90 Å². The van der Waals surface area contributed by atoms with E-state index in [-0.39, 0.29) is 55.9 Å². The Morgan fingerprint density at radius 3 is 2.22 bits per heavy atom. The molecule has 0 aliphatic carbocycles. The van der Waals surface area contributed by atoms with E-state index in [9.17, 15) is 28.0 Å². The van der Waals surface area contributed by atoms with Crippen molar-refractivity contribution >= 4 is 46.5 Å². The molecule has 0 heterocycles. The minimum Gasteiger partial charge on any atom is -0.768 e. The summed E-state index contributed by atoms with van der Waals surface area (Å²) in [6.45, 7) is 0. The number of halogens is 2. The third kappa shape index (κ3) is 7.01. The minimum absolute atomic E-state index is 0. The topological polar surface area (TPSA) is 139 Å². The van der Waals surface area contributed by atoms with E-state index < -0.39 is 28.8 Å². The summed E-state index contributed by atoms with van der Waals surface area (Å²) in [6, 6.07) is 7.74. The monoisotopic (exact) mass is 462 g/mol. The summed E-state index contributed by atoms with van der Waals surface area (Å²) < 4.78 is 42.7. The number of rotatable bonds is 7. The molecule has 0 bridgehead atoms. The van der Waals surface area contributed by atoms with Gasteiger partial charge in [0.1, 0.15) is 5.75 Å². The summed E-state index contributed by atoms with van der Waals surface area (Å²) in [5.41, 5.74) is -0.251. The smallest absolute Gasteiger partial charge is 0.768 e. The first-order valence-electron chi connectivity index (χ1n) is 6.69. The fourth-order valence-electron chi connectivity index (χ4n) is 1.71. The van der Waals surface area contributed by atoms with E-state index in [4.69, 9.17) is 27.7 Å². The van der Waals surface area contributed by atoms with Crippen molar-refractivity contribution < 1.29 is 56.9 Å². The van der Waals surface area contributed by atoms with Crippen LogP contribution in [0.1, 0.15) is 0 Å². The van der Waals surface area contributed by atoms with Crippen molar-refractivity contribution in [3.63, 3.8) is 0 Å². The van der Waals surface area contributed by atoms with Crippen LogP contribution in [0.25, 0.3) is 0 Å². The summed E-state index contributed by atoms with van der Waals surface area (Å²) in [5, 5.41) is 10.7. The largest absolute Gasteiger partial charge is 1.00 e. The van der Waals surface area contributed by atoms with E-state index in [2.05, 4.69) is 0 Å². The average molecular weight is 463 g/mol. The maximum atomic E-state index is 12.1. The Hall–Kier alpha value is -0.680. The Morgan fingerprint density at radius 1 is 1.11 bits per heavy atom. The van der Waals surface area contributed by atoms with Gasteiger partial charge in [0.05, 0.1) is 26.1 Å². The van der Waals surface area contributed by atoms with Crippen molar-refractivity contribution in [2.75, 3.05) is 6.29 Å². The molecule has 2 rings (SSSR count). The quantitative estimate of drug-likeness (QED) is 0.259. The SMILES string of the molecule is O=[N+]([O-])c1ccc(OP(=O)([O-])CNS(=O)(=O)c2ccc(Cl)c(Cl)c2)cc1.[Na+]. The Morgan fingerprint density at radius 2 is 1.70 bits per heavy atom. The predicted octanol–water partition coefficient (Wildman–Crippen LogP) is -0.226. The molecule has 0 amide bonds. The molecule has 2 aromatic carbocycles. The number of hydrogen-bond donors (Lipinski definition) is 1. The first-order chi connectivity index (χ1) is 12.0. The van der Waals surface area contributed by atoms with Gasteiger partial charge in [-0.2, -0.15) is 0 Å². The number of nitro benzene ring substituents is 1. The van der Waals surface area contributed by atoms with Crippen LogP contribution in [-0.4, -0.2) is 19.6 Å². The molecule has 0 aliphatic rings. The molecule has 0 fully saturated rings. The number of sulfonamides is 1. The van der Waals surface area contributed by atoms with Crippen LogP contribution < -0.4 is 43.7 Å². The van der Waals surface area contributed by atoms with Crippen LogP contribution in [0.3, 0.4) is 0 Å². The van der Waals surface area contributed by atoms with Crippen molar-refractivity contribution in [3.8, 4) is 5.75 Å². The molecule has 14 heteroatoms. The fraction of sp³-hybridized carbons (Fsp3) is 0.0769. The van der Waals surface area contributed by atoms with E-state index in [0.717, 1.165) is 36.4 Å². The van der Waals surface area contributed by atoms with Crippen LogP contribution in [0.4, 0.5) is 5.69 Å². The average Bonchev–Trinajstić information content (AvgIpc) is 2.56. The Kier molecular flexibility index (Phi) is 8.74. The molecule has 0 saturated carbocycles. The minimum atomic E-state index is -4.66. The maximum absolute atomic E-state index is 12.1. The zero-order valence-corrected chi connectivity index (χ0v) is 18.9. The van der Waals surface area contributed by atoms with Crippen molar-refractivity contribution in [3.05, 3.63) is 62.6 Å². The van der Waals surface area contributed by atoms with Gasteiger partial charge in [-0.25, -0.2) is 13.1 Å². The number of nitro groups is 1. The van der Waals surface area contributed by atoms with Crippen LogP contribution in [0.15, 0.2) is 47.4 Å². The van der Waals surface area contributed by atoms with Crippen molar-refractivity contribution in [2.24, 2.45) is 0 Å². The van der Waals surface area contributed by atoms with Gasteiger partial charge in [-0.3, -0.25) is 14.7 Å². The third-order valence-electron chi connectivity index (χ3n) is 2.94. The fourth-order valence-corrected chi connectivity index (χ4v) is 4.58. The van der Waals surface area contributed by atoms with Crippen molar-refractivity contribution in [1.29, 1.82) is 0 Å². The van der Waals surface area contributed by atoms with Gasteiger partial charge < -0.3 is 9.42 Å².